The highest BCUT2D eigenvalue weighted by atomic mass is 35.5. The monoisotopic (exact) mass is 460 g/mol. The lowest BCUT2D eigenvalue weighted by Gasteiger charge is -2.06. The lowest BCUT2D eigenvalue weighted by Crippen LogP contribution is -2.14. The van der Waals surface area contributed by atoms with Gasteiger partial charge in [0.25, 0.3) is 0 Å². The largest absolute Gasteiger partial charge is 0.494 e. The third-order valence-corrected chi connectivity index (χ3v) is 5.76. The van der Waals surface area contributed by atoms with Crippen LogP contribution in [0, 0.1) is 6.92 Å². The summed E-state index contributed by atoms with van der Waals surface area (Å²) in [5.74, 6) is 0.887. The van der Waals surface area contributed by atoms with Crippen LogP contribution in [0.3, 0.4) is 0 Å². The normalized spacial score (nSPS) is 11.0. The minimum atomic E-state index is -0.164. The van der Waals surface area contributed by atoms with Crippen LogP contribution in [0.2, 0.25) is 10.0 Å². The summed E-state index contributed by atoms with van der Waals surface area (Å²) in [6.45, 7) is 2.48. The predicted molar refractivity (Wildman–Crippen MR) is 121 cm³/mol. The molecule has 30 heavy (non-hydrogen) atoms. The van der Waals surface area contributed by atoms with Crippen molar-refractivity contribution in [3.8, 4) is 17.0 Å². The van der Waals surface area contributed by atoms with Crippen LogP contribution in [0.25, 0.3) is 16.2 Å². The highest BCUT2D eigenvalue weighted by molar-refractivity contribution is 7.15. The Balaban J connectivity index is 1.36. The van der Waals surface area contributed by atoms with E-state index in [9.17, 15) is 4.79 Å². The SMILES string of the molecule is Cc1ccc(OCCCC(=O)Nc2nc3scc(-c4cc(Cl)ccc4Cl)n3n2)cc1. The molecule has 4 aromatic rings. The zero-order chi connectivity index (χ0) is 21.1. The molecule has 1 N–H and O–H groups in total. The molecule has 154 valence electrons. The number of rotatable bonds is 7. The van der Waals surface area contributed by atoms with Gasteiger partial charge in [-0.1, -0.05) is 40.9 Å². The van der Waals surface area contributed by atoms with E-state index in [-0.39, 0.29) is 11.9 Å². The van der Waals surface area contributed by atoms with E-state index in [0.717, 1.165) is 17.0 Å². The van der Waals surface area contributed by atoms with Crippen molar-refractivity contribution in [2.45, 2.75) is 19.8 Å². The van der Waals surface area contributed by atoms with Gasteiger partial charge in [-0.05, 0) is 43.7 Å². The van der Waals surface area contributed by atoms with E-state index in [1.165, 1.54) is 16.9 Å². The van der Waals surface area contributed by atoms with E-state index in [2.05, 4.69) is 15.4 Å². The Morgan fingerprint density at radius 1 is 1.20 bits per heavy atom. The number of ether oxygens (including phenoxy) is 1. The Hall–Kier alpha value is -2.61. The molecule has 9 heteroatoms. The molecule has 0 saturated carbocycles. The second-order valence-corrected chi connectivity index (χ2v) is 8.37. The Kier molecular flexibility index (Phi) is 6.22. The van der Waals surface area contributed by atoms with Crippen LogP contribution < -0.4 is 10.1 Å². The highest BCUT2D eigenvalue weighted by Crippen LogP contribution is 2.33. The van der Waals surface area contributed by atoms with Gasteiger partial charge in [0.1, 0.15) is 5.75 Å². The quantitative estimate of drug-likeness (QED) is 0.350. The predicted octanol–water partition coefficient (Wildman–Crippen LogP) is 5.87. The summed E-state index contributed by atoms with van der Waals surface area (Å²) < 4.78 is 7.30. The van der Waals surface area contributed by atoms with Crippen molar-refractivity contribution in [2.24, 2.45) is 0 Å². The average Bonchev–Trinajstić information content (AvgIpc) is 3.29. The molecule has 2 heterocycles. The van der Waals surface area contributed by atoms with Crippen LogP contribution in [0.5, 0.6) is 5.75 Å². The molecule has 1 amide bonds. The molecule has 0 atom stereocenters. The third-order valence-electron chi connectivity index (χ3n) is 4.38. The number of hydrogen-bond donors (Lipinski definition) is 1. The van der Waals surface area contributed by atoms with Gasteiger partial charge in [0.05, 0.1) is 17.3 Å². The van der Waals surface area contributed by atoms with E-state index >= 15 is 0 Å². The fraction of sp³-hybridized carbons (Fsp3) is 0.190. The van der Waals surface area contributed by atoms with Gasteiger partial charge in [0.2, 0.25) is 16.8 Å². The minimum absolute atomic E-state index is 0.164. The van der Waals surface area contributed by atoms with Crippen molar-refractivity contribution in [2.75, 3.05) is 11.9 Å². The standard InChI is InChI=1S/C21H18Cl2N4O2S/c1-13-4-7-15(8-5-13)29-10-2-3-19(28)24-20-25-21-27(26-20)18(12-30-21)16-11-14(22)6-9-17(16)23/h4-9,11-12H,2-3,10H2,1H3,(H,24,26,28). The van der Waals surface area contributed by atoms with Gasteiger partial charge in [0, 0.05) is 22.4 Å². The van der Waals surface area contributed by atoms with Crippen LogP contribution in [-0.4, -0.2) is 27.1 Å². The van der Waals surface area contributed by atoms with Gasteiger partial charge in [-0.25, -0.2) is 4.52 Å². The number of anilines is 1. The van der Waals surface area contributed by atoms with Crippen molar-refractivity contribution >= 4 is 51.4 Å². The summed E-state index contributed by atoms with van der Waals surface area (Å²) in [5, 5.41) is 10.2. The molecule has 4 rings (SSSR count). The van der Waals surface area contributed by atoms with E-state index in [4.69, 9.17) is 27.9 Å². The topological polar surface area (TPSA) is 68.5 Å². The zero-order valence-electron chi connectivity index (χ0n) is 16.1. The Morgan fingerprint density at radius 2 is 2.00 bits per heavy atom. The summed E-state index contributed by atoms with van der Waals surface area (Å²) in [6.07, 6.45) is 0.900. The van der Waals surface area contributed by atoms with Crippen LogP contribution in [0.4, 0.5) is 5.95 Å². The smallest absolute Gasteiger partial charge is 0.250 e. The van der Waals surface area contributed by atoms with Gasteiger partial charge >= 0.3 is 0 Å². The summed E-state index contributed by atoms with van der Waals surface area (Å²) >= 11 is 13.8. The number of carbonyl (C=O) groups excluding carboxylic acids is 1. The molecule has 0 fully saturated rings. The Bertz CT molecular complexity index is 1190. The number of hydrogen-bond acceptors (Lipinski definition) is 5. The number of nitrogens with zero attached hydrogens (tertiary/aromatic N) is 3. The third kappa shape index (κ3) is 4.75. The van der Waals surface area contributed by atoms with Crippen LogP contribution in [0.15, 0.2) is 47.8 Å². The number of nitrogens with one attached hydrogen (secondary N) is 1. The molecule has 2 aromatic carbocycles. The van der Waals surface area contributed by atoms with Crippen LogP contribution in [0.1, 0.15) is 18.4 Å². The van der Waals surface area contributed by atoms with Crippen molar-refractivity contribution in [3.63, 3.8) is 0 Å². The maximum atomic E-state index is 12.2. The molecular weight excluding hydrogens is 443 g/mol. The zero-order valence-corrected chi connectivity index (χ0v) is 18.4. The molecule has 0 aliphatic heterocycles. The Morgan fingerprint density at radius 3 is 2.80 bits per heavy atom. The molecule has 2 aromatic heterocycles. The molecule has 0 aliphatic carbocycles. The molecule has 0 aliphatic rings. The molecule has 0 bridgehead atoms. The molecule has 6 nitrogen and oxygen atoms in total. The first kappa shape index (κ1) is 20.7. The van der Waals surface area contributed by atoms with Crippen molar-refractivity contribution in [1.29, 1.82) is 0 Å². The number of amides is 1. The van der Waals surface area contributed by atoms with Crippen molar-refractivity contribution in [1.82, 2.24) is 14.6 Å². The number of thiazole rings is 1. The lowest BCUT2D eigenvalue weighted by atomic mass is 10.2. The number of aryl methyl sites for hydroxylation is 1. The van der Waals surface area contributed by atoms with Crippen LogP contribution in [-0.2, 0) is 4.79 Å². The summed E-state index contributed by atoms with van der Waals surface area (Å²) in [5.41, 5.74) is 2.70. The van der Waals surface area contributed by atoms with E-state index in [1.807, 2.05) is 36.6 Å². The highest BCUT2D eigenvalue weighted by Gasteiger charge is 2.15. The second kappa shape index (κ2) is 9.04. The number of halogens is 2. The molecule has 0 spiro atoms. The number of aromatic nitrogens is 3. The summed E-state index contributed by atoms with van der Waals surface area (Å²) in [7, 11) is 0. The van der Waals surface area contributed by atoms with E-state index < -0.39 is 0 Å². The second-order valence-electron chi connectivity index (χ2n) is 6.69. The number of fused-ring (bicyclic) bond motifs is 1. The first-order valence-corrected chi connectivity index (χ1v) is 10.9. The molecule has 0 unspecified atom stereocenters. The first-order valence-electron chi connectivity index (χ1n) is 9.28. The van der Waals surface area contributed by atoms with Crippen molar-refractivity contribution in [3.05, 3.63) is 63.5 Å². The van der Waals surface area contributed by atoms with Gasteiger partial charge in [0.15, 0.2) is 0 Å². The number of carbonyl (C=O) groups is 1. The van der Waals surface area contributed by atoms with Gasteiger partial charge in [-0.15, -0.1) is 16.4 Å². The fourth-order valence-corrected chi connectivity index (χ4v) is 4.07. The lowest BCUT2D eigenvalue weighted by molar-refractivity contribution is -0.116. The van der Waals surface area contributed by atoms with E-state index in [1.54, 1.807) is 22.7 Å². The Labute approximate surface area is 187 Å². The van der Waals surface area contributed by atoms with Gasteiger partial charge in [-0.2, -0.15) is 4.98 Å². The fourth-order valence-electron chi connectivity index (χ4n) is 2.86. The van der Waals surface area contributed by atoms with Gasteiger partial charge in [-0.3, -0.25) is 10.1 Å². The molecule has 0 saturated heterocycles. The van der Waals surface area contributed by atoms with E-state index in [0.29, 0.717) is 34.5 Å². The first-order chi connectivity index (χ1) is 14.5. The number of benzene rings is 2. The molecular formula is C21H18Cl2N4O2S. The maximum absolute atomic E-state index is 12.2. The average molecular weight is 461 g/mol. The minimum Gasteiger partial charge on any atom is -0.494 e. The molecule has 0 radical (unpaired) electrons. The van der Waals surface area contributed by atoms with Gasteiger partial charge < -0.3 is 4.74 Å². The maximum Gasteiger partial charge on any atom is 0.250 e. The van der Waals surface area contributed by atoms with Crippen LogP contribution >= 0.6 is 34.5 Å². The van der Waals surface area contributed by atoms with Crippen molar-refractivity contribution < 1.29 is 9.53 Å². The summed E-state index contributed by atoms with van der Waals surface area (Å²) in [4.78, 5) is 17.2. The summed E-state index contributed by atoms with van der Waals surface area (Å²) in [6, 6.07) is 13.1.